The summed E-state index contributed by atoms with van der Waals surface area (Å²) >= 11 is 0. The second-order valence-electron chi connectivity index (χ2n) is 12.3. The summed E-state index contributed by atoms with van der Waals surface area (Å²) in [6.07, 6.45) is 0.897. The molecule has 3 aromatic rings. The number of aliphatic carboxylic acids is 5. The lowest BCUT2D eigenvalue weighted by molar-refractivity contribution is -0.317. The number of benzene rings is 3. The van der Waals surface area contributed by atoms with Crippen molar-refractivity contribution in [1.29, 1.82) is 0 Å². The lowest BCUT2D eigenvalue weighted by Crippen LogP contribution is -2.58. The van der Waals surface area contributed by atoms with Crippen molar-refractivity contribution in [2.45, 2.75) is 56.7 Å². The Morgan fingerprint density at radius 2 is 0.667 bits per heavy atom. The van der Waals surface area contributed by atoms with E-state index < -0.39 is 61.1 Å². The summed E-state index contributed by atoms with van der Waals surface area (Å²) in [5, 5.41) is 60.7. The molecule has 0 aliphatic rings. The molecule has 0 heterocycles. The van der Waals surface area contributed by atoms with Crippen LogP contribution in [0.5, 0.6) is 0 Å². The molecule has 0 bridgehead atoms. The fraction of sp³-hybridized carbons (Fsp3) is 0.395. The van der Waals surface area contributed by atoms with Crippen molar-refractivity contribution in [2.75, 3.05) is 39.3 Å². The van der Waals surface area contributed by atoms with Gasteiger partial charge in [0.1, 0.15) is 0 Å². The van der Waals surface area contributed by atoms with E-state index in [-0.39, 0.29) is 58.3 Å². The van der Waals surface area contributed by atoms with E-state index in [4.69, 9.17) is 0 Å². The third-order valence-corrected chi connectivity index (χ3v) is 8.80. The maximum Gasteiger partial charge on any atom is 0.0586 e. The van der Waals surface area contributed by atoms with Crippen molar-refractivity contribution in [3.8, 4) is 0 Å². The third-order valence-electron chi connectivity index (χ3n) is 8.80. The molecule has 0 aromatic heterocycles. The van der Waals surface area contributed by atoms with Gasteiger partial charge in [-0.2, -0.15) is 0 Å². The van der Waals surface area contributed by atoms with Crippen LogP contribution in [0, 0.1) is 0 Å². The minimum Gasteiger partial charge on any atom is -0.549 e. The number of rotatable bonds is 25. The van der Waals surface area contributed by atoms with Crippen molar-refractivity contribution >= 4 is 29.8 Å². The molecule has 0 aliphatic heterocycles. The summed E-state index contributed by atoms with van der Waals surface area (Å²) < 4.78 is 0. The molecule has 0 saturated carbocycles. The van der Waals surface area contributed by atoms with E-state index in [1.807, 2.05) is 12.1 Å². The van der Waals surface area contributed by atoms with E-state index >= 15 is 0 Å². The summed E-state index contributed by atoms with van der Waals surface area (Å²) in [6.45, 7) is -2.48. The quantitative estimate of drug-likeness (QED) is 0.0847. The Bertz CT molecular complexity index is 1460. The van der Waals surface area contributed by atoms with E-state index in [0.29, 0.717) is 6.42 Å². The average molecular weight is 701 g/mol. The van der Waals surface area contributed by atoms with Crippen LogP contribution in [0.25, 0.3) is 0 Å². The fourth-order valence-corrected chi connectivity index (χ4v) is 6.15. The SMILES string of the molecule is O=C([O-])CN(CCN(CCN(CC(=O)[O-])[C@@H](CCc1ccccc1)C(=O)[O-])[C@@H](CCc1ccccc1)C(=O)[O-])[C@@H](CCc1ccccc1)C(=O)[O-]. The van der Waals surface area contributed by atoms with Gasteiger partial charge in [-0.3, -0.25) is 14.7 Å². The van der Waals surface area contributed by atoms with Gasteiger partial charge < -0.3 is 49.5 Å². The van der Waals surface area contributed by atoms with Crippen LogP contribution in [0.2, 0.25) is 0 Å². The largest absolute Gasteiger partial charge is 0.549 e. The van der Waals surface area contributed by atoms with Gasteiger partial charge in [-0.05, 0) is 55.2 Å². The molecule has 0 radical (unpaired) electrons. The first-order valence-electron chi connectivity index (χ1n) is 16.8. The van der Waals surface area contributed by atoms with Crippen LogP contribution in [-0.2, 0) is 43.2 Å². The smallest absolute Gasteiger partial charge is 0.0586 e. The van der Waals surface area contributed by atoms with Crippen LogP contribution in [0.15, 0.2) is 91.0 Å². The standard InChI is InChI=1S/C38H47N3O10/c42-34(43)26-40(32(37(48)49)20-17-29-12-6-2-7-13-29)24-22-39(31(36(46)47)19-16-28-10-4-1-5-11-28)23-25-41(27-35(44)45)33(38(50)51)21-18-30-14-8-3-9-15-30/h1-15,31-33H,16-27H2,(H,42,43)(H,44,45)(H,46,47)(H,48,49)(H,50,51)/p-5/t31-,32-,33-/m0/s1. The van der Waals surface area contributed by atoms with E-state index in [2.05, 4.69) is 0 Å². The van der Waals surface area contributed by atoms with E-state index in [1.165, 1.54) is 4.90 Å². The molecule has 0 fully saturated rings. The Morgan fingerprint density at radius 1 is 0.412 bits per heavy atom. The van der Waals surface area contributed by atoms with Crippen molar-refractivity contribution in [3.63, 3.8) is 0 Å². The Balaban J connectivity index is 1.88. The molecule has 51 heavy (non-hydrogen) atoms. The summed E-state index contributed by atoms with van der Waals surface area (Å²) in [5.74, 6) is -7.61. The maximum atomic E-state index is 12.6. The number of aryl methyl sites for hydroxylation is 3. The van der Waals surface area contributed by atoms with Gasteiger partial charge in [-0.15, -0.1) is 0 Å². The Labute approximate surface area is 297 Å². The van der Waals surface area contributed by atoms with Crippen LogP contribution in [0.1, 0.15) is 36.0 Å². The Morgan fingerprint density at radius 3 is 0.922 bits per heavy atom. The van der Waals surface area contributed by atoms with Crippen LogP contribution in [-0.4, -0.2) is 102 Å². The highest BCUT2D eigenvalue weighted by Gasteiger charge is 2.27. The molecule has 3 atom stereocenters. The molecular formula is C38H42N3O10-5. The van der Waals surface area contributed by atoms with Crippen LogP contribution >= 0.6 is 0 Å². The molecule has 0 N–H and O–H groups in total. The summed E-state index contributed by atoms with van der Waals surface area (Å²) in [5.41, 5.74) is 2.47. The molecule has 274 valence electrons. The Hall–Kier alpha value is -5.11. The molecule has 0 spiro atoms. The van der Waals surface area contributed by atoms with Gasteiger partial charge in [0.25, 0.3) is 0 Å². The lowest BCUT2D eigenvalue weighted by atomic mass is 10.0. The zero-order valence-electron chi connectivity index (χ0n) is 28.3. The van der Waals surface area contributed by atoms with Crippen LogP contribution < -0.4 is 25.5 Å². The summed E-state index contributed by atoms with van der Waals surface area (Å²) in [7, 11) is 0. The van der Waals surface area contributed by atoms with Crippen molar-refractivity contribution < 1.29 is 49.5 Å². The van der Waals surface area contributed by atoms with Crippen molar-refractivity contribution in [1.82, 2.24) is 14.7 Å². The molecule has 3 rings (SSSR count). The van der Waals surface area contributed by atoms with Gasteiger partial charge in [0.15, 0.2) is 0 Å². The molecule has 0 saturated heterocycles. The number of carbonyl (C=O) groups excluding carboxylic acids is 5. The van der Waals surface area contributed by atoms with Gasteiger partial charge in [-0.1, -0.05) is 91.0 Å². The maximum absolute atomic E-state index is 12.6. The lowest BCUT2D eigenvalue weighted by Gasteiger charge is -2.39. The van der Waals surface area contributed by atoms with Crippen LogP contribution in [0.4, 0.5) is 0 Å². The molecule has 3 aromatic carbocycles. The van der Waals surface area contributed by atoms with Gasteiger partial charge >= 0.3 is 0 Å². The minimum absolute atomic E-state index is 0.00829. The highest BCUT2D eigenvalue weighted by atomic mass is 16.4. The normalized spacial score (nSPS) is 13.2. The van der Waals surface area contributed by atoms with Crippen LogP contribution in [0.3, 0.4) is 0 Å². The van der Waals surface area contributed by atoms with E-state index in [1.54, 1.807) is 78.9 Å². The second-order valence-corrected chi connectivity index (χ2v) is 12.3. The summed E-state index contributed by atoms with van der Waals surface area (Å²) in [4.78, 5) is 64.4. The first-order valence-corrected chi connectivity index (χ1v) is 16.8. The van der Waals surface area contributed by atoms with Gasteiger partial charge in [0.05, 0.1) is 41.9 Å². The number of hydrogen-bond donors (Lipinski definition) is 0. The predicted molar refractivity (Wildman–Crippen MR) is 175 cm³/mol. The topological polar surface area (TPSA) is 210 Å². The molecule has 0 unspecified atom stereocenters. The van der Waals surface area contributed by atoms with E-state index in [0.717, 1.165) is 26.5 Å². The molecule has 13 nitrogen and oxygen atoms in total. The zero-order valence-corrected chi connectivity index (χ0v) is 28.3. The number of carboxylic acids is 5. The number of carbonyl (C=O) groups is 5. The molecule has 0 aliphatic carbocycles. The highest BCUT2D eigenvalue weighted by molar-refractivity contribution is 5.74. The zero-order chi connectivity index (χ0) is 37.2. The third kappa shape index (κ3) is 14.3. The van der Waals surface area contributed by atoms with Gasteiger partial charge in [0.2, 0.25) is 0 Å². The number of nitrogens with zero attached hydrogens (tertiary/aromatic N) is 3. The minimum atomic E-state index is -1.55. The van der Waals surface area contributed by atoms with Crippen molar-refractivity contribution in [2.24, 2.45) is 0 Å². The number of hydrogen-bond acceptors (Lipinski definition) is 13. The van der Waals surface area contributed by atoms with Gasteiger partial charge in [0, 0.05) is 45.3 Å². The Kier molecular flexibility index (Phi) is 16.7. The summed E-state index contributed by atoms with van der Waals surface area (Å²) in [6, 6.07) is 22.9. The second kappa shape index (κ2) is 21.2. The average Bonchev–Trinajstić information content (AvgIpc) is 3.09. The monoisotopic (exact) mass is 700 g/mol. The molecule has 0 amide bonds. The highest BCUT2D eigenvalue weighted by Crippen LogP contribution is 2.16. The molecular weight excluding hydrogens is 658 g/mol. The fourth-order valence-electron chi connectivity index (χ4n) is 6.15. The van der Waals surface area contributed by atoms with E-state index in [9.17, 15) is 49.5 Å². The van der Waals surface area contributed by atoms with Gasteiger partial charge in [-0.25, -0.2) is 0 Å². The predicted octanol–water partition coefficient (Wildman–Crippen LogP) is -3.35. The first kappa shape index (κ1) is 40.3. The number of carboxylic acid groups (broad SMARTS) is 5. The molecule has 13 heteroatoms. The van der Waals surface area contributed by atoms with Crippen molar-refractivity contribution in [3.05, 3.63) is 108 Å². The first-order chi connectivity index (χ1) is 24.4.